The van der Waals surface area contributed by atoms with Crippen LogP contribution >= 0.6 is 11.6 Å². The van der Waals surface area contributed by atoms with Crippen molar-refractivity contribution in [3.05, 3.63) is 63.9 Å². The van der Waals surface area contributed by atoms with Crippen molar-refractivity contribution in [1.29, 1.82) is 0 Å². The van der Waals surface area contributed by atoms with Gasteiger partial charge in [0.2, 0.25) is 5.76 Å². The molecule has 26 heavy (non-hydrogen) atoms. The smallest absolute Gasteiger partial charge is 0.372 e. The van der Waals surface area contributed by atoms with Crippen LogP contribution in [0, 0.1) is 6.92 Å². The van der Waals surface area contributed by atoms with E-state index in [0.717, 1.165) is 5.56 Å². The maximum Gasteiger partial charge on any atom is 0.372 e. The maximum absolute atomic E-state index is 13.0. The molecule has 1 N–H and O–H groups in total. The van der Waals surface area contributed by atoms with Crippen LogP contribution in [-0.2, 0) is 5.60 Å². The normalized spacial score (nSPS) is 19.3. The third-order valence-corrected chi connectivity index (χ3v) is 5.07. The molecule has 4 rings (SSSR count). The van der Waals surface area contributed by atoms with Gasteiger partial charge in [-0.25, -0.2) is 4.79 Å². The molecule has 1 atom stereocenters. The number of rotatable bonds is 2. The molecule has 0 radical (unpaired) electrons. The summed E-state index contributed by atoms with van der Waals surface area (Å²) >= 11 is 5.95. The summed E-state index contributed by atoms with van der Waals surface area (Å²) in [6, 6.07) is 10.5. The van der Waals surface area contributed by atoms with E-state index in [4.69, 9.17) is 20.8 Å². The fourth-order valence-electron chi connectivity index (χ4n) is 3.52. The van der Waals surface area contributed by atoms with Crippen LogP contribution in [0.2, 0.25) is 5.02 Å². The Morgan fingerprint density at radius 1 is 1.19 bits per heavy atom. The first-order valence-electron chi connectivity index (χ1n) is 8.08. The molecule has 5 nitrogen and oxygen atoms in total. The summed E-state index contributed by atoms with van der Waals surface area (Å²) in [6.07, 6.45) is 0.133. The Hall–Kier alpha value is -2.79. The minimum absolute atomic E-state index is 0.116. The summed E-state index contributed by atoms with van der Waals surface area (Å²) in [5.41, 5.74) is 1.19. The van der Waals surface area contributed by atoms with Crippen molar-refractivity contribution in [3.8, 4) is 5.75 Å². The van der Waals surface area contributed by atoms with E-state index in [0.29, 0.717) is 32.9 Å². The average Bonchev–Trinajstić information content (AvgIpc) is 2.92. The summed E-state index contributed by atoms with van der Waals surface area (Å²) in [5, 5.41) is 10.4. The predicted molar refractivity (Wildman–Crippen MR) is 96.3 cm³/mol. The molecule has 1 aromatic heterocycles. The zero-order valence-corrected chi connectivity index (χ0v) is 14.9. The highest BCUT2D eigenvalue weighted by molar-refractivity contribution is 6.30. The standard InChI is InChI=1S/C20H15ClO5/c1-10-16-14(25-18(10)19(23)24)7-8-15-17(16)13(22)9-20(2,26-15)11-3-5-12(21)6-4-11/h3-8H,9H2,1-2H3,(H,23,24)/t20-/m1/s1. The SMILES string of the molecule is Cc1c(C(=O)O)oc2ccc3c(c12)C(=O)C[C@](C)(c1ccc(Cl)cc1)O3. The molecular formula is C20H15ClO5. The first-order chi connectivity index (χ1) is 12.3. The van der Waals surface area contributed by atoms with E-state index >= 15 is 0 Å². The number of furan rings is 1. The molecular weight excluding hydrogens is 356 g/mol. The van der Waals surface area contributed by atoms with E-state index in [1.54, 1.807) is 31.2 Å². The highest BCUT2D eigenvalue weighted by atomic mass is 35.5. The van der Waals surface area contributed by atoms with E-state index < -0.39 is 11.6 Å². The molecule has 1 aliphatic heterocycles. The van der Waals surface area contributed by atoms with Crippen molar-refractivity contribution < 1.29 is 23.8 Å². The molecule has 0 spiro atoms. The zero-order chi connectivity index (χ0) is 18.6. The number of halogens is 1. The van der Waals surface area contributed by atoms with Gasteiger partial charge in [-0.1, -0.05) is 23.7 Å². The van der Waals surface area contributed by atoms with Gasteiger partial charge in [0.25, 0.3) is 0 Å². The Labute approximate surface area is 154 Å². The monoisotopic (exact) mass is 370 g/mol. The molecule has 3 aromatic rings. The lowest BCUT2D eigenvalue weighted by atomic mass is 9.84. The van der Waals surface area contributed by atoms with Crippen LogP contribution in [0.1, 0.15) is 45.4 Å². The number of fused-ring (bicyclic) bond motifs is 3. The molecule has 1 aliphatic rings. The second-order valence-corrected chi connectivity index (χ2v) is 7.05. The fraction of sp³-hybridized carbons (Fsp3) is 0.200. The highest BCUT2D eigenvalue weighted by Crippen LogP contribution is 2.44. The molecule has 2 heterocycles. The lowest BCUT2D eigenvalue weighted by molar-refractivity contribution is 0.0507. The summed E-state index contributed by atoms with van der Waals surface area (Å²) in [7, 11) is 0. The van der Waals surface area contributed by atoms with E-state index in [-0.39, 0.29) is 18.0 Å². The molecule has 6 heteroatoms. The largest absolute Gasteiger partial charge is 0.482 e. The Bertz CT molecular complexity index is 1060. The van der Waals surface area contributed by atoms with Gasteiger partial charge in [0.1, 0.15) is 16.9 Å². The molecule has 2 aromatic carbocycles. The Morgan fingerprint density at radius 2 is 1.88 bits per heavy atom. The summed E-state index contributed by atoms with van der Waals surface area (Å²) in [5.74, 6) is -1.02. The van der Waals surface area contributed by atoms with Crippen LogP contribution < -0.4 is 4.74 Å². The van der Waals surface area contributed by atoms with Crippen molar-refractivity contribution in [2.45, 2.75) is 25.9 Å². The van der Waals surface area contributed by atoms with E-state index in [9.17, 15) is 14.7 Å². The first-order valence-corrected chi connectivity index (χ1v) is 8.45. The van der Waals surface area contributed by atoms with Crippen LogP contribution in [0.4, 0.5) is 0 Å². The van der Waals surface area contributed by atoms with Gasteiger partial charge in [-0.3, -0.25) is 4.79 Å². The van der Waals surface area contributed by atoms with Gasteiger partial charge in [-0.15, -0.1) is 0 Å². The topological polar surface area (TPSA) is 76.7 Å². The first kappa shape index (κ1) is 16.7. The third-order valence-electron chi connectivity index (χ3n) is 4.82. The number of benzene rings is 2. The number of carbonyl (C=O) groups excluding carboxylic acids is 1. The van der Waals surface area contributed by atoms with Crippen molar-refractivity contribution in [2.24, 2.45) is 0 Å². The van der Waals surface area contributed by atoms with Gasteiger partial charge in [-0.05, 0) is 43.7 Å². The number of aromatic carboxylic acids is 1. The zero-order valence-electron chi connectivity index (χ0n) is 14.1. The quantitative estimate of drug-likeness (QED) is 0.688. The van der Waals surface area contributed by atoms with Gasteiger partial charge < -0.3 is 14.3 Å². The molecule has 0 saturated heterocycles. The van der Waals surface area contributed by atoms with Crippen LogP contribution in [-0.4, -0.2) is 16.9 Å². The number of carboxylic acids is 1. The second-order valence-electron chi connectivity index (χ2n) is 6.61. The van der Waals surface area contributed by atoms with Gasteiger partial charge in [0, 0.05) is 16.0 Å². The van der Waals surface area contributed by atoms with E-state index in [1.165, 1.54) is 0 Å². The lowest BCUT2D eigenvalue weighted by Crippen LogP contribution is -2.36. The molecule has 0 fully saturated rings. The van der Waals surface area contributed by atoms with E-state index in [2.05, 4.69) is 0 Å². The number of aryl methyl sites for hydroxylation is 1. The number of carbonyl (C=O) groups is 2. The number of ketones is 1. The van der Waals surface area contributed by atoms with Gasteiger partial charge in [0.15, 0.2) is 5.78 Å². The van der Waals surface area contributed by atoms with Gasteiger partial charge in [0.05, 0.1) is 12.0 Å². The lowest BCUT2D eigenvalue weighted by Gasteiger charge is -2.35. The number of Topliss-reactive ketones (excluding diaryl/α,β-unsaturated/α-hetero) is 1. The molecule has 0 aliphatic carbocycles. The minimum Gasteiger partial charge on any atom is -0.482 e. The summed E-state index contributed by atoms with van der Waals surface area (Å²) in [6.45, 7) is 3.49. The molecule has 0 unspecified atom stereocenters. The second kappa shape index (κ2) is 5.61. The fourth-order valence-corrected chi connectivity index (χ4v) is 3.65. The Balaban J connectivity index is 1.88. The Morgan fingerprint density at radius 3 is 2.54 bits per heavy atom. The Kier molecular flexibility index (Phi) is 3.59. The number of carboxylic acid groups (broad SMARTS) is 1. The van der Waals surface area contributed by atoms with Crippen molar-refractivity contribution in [2.75, 3.05) is 0 Å². The molecule has 0 saturated carbocycles. The number of hydrogen-bond acceptors (Lipinski definition) is 4. The van der Waals surface area contributed by atoms with Crippen molar-refractivity contribution in [3.63, 3.8) is 0 Å². The average molecular weight is 371 g/mol. The molecule has 0 bridgehead atoms. The van der Waals surface area contributed by atoms with E-state index in [1.807, 2.05) is 19.1 Å². The number of ether oxygens (including phenoxy) is 1. The summed E-state index contributed by atoms with van der Waals surface area (Å²) < 4.78 is 11.6. The molecule has 132 valence electrons. The molecule has 0 amide bonds. The predicted octanol–water partition coefficient (Wildman–Crippen LogP) is 4.97. The highest BCUT2D eigenvalue weighted by Gasteiger charge is 2.40. The summed E-state index contributed by atoms with van der Waals surface area (Å²) in [4.78, 5) is 24.3. The maximum atomic E-state index is 13.0. The van der Waals surface area contributed by atoms with Crippen LogP contribution in [0.15, 0.2) is 40.8 Å². The van der Waals surface area contributed by atoms with Gasteiger partial charge in [-0.2, -0.15) is 0 Å². The van der Waals surface area contributed by atoms with Crippen molar-refractivity contribution in [1.82, 2.24) is 0 Å². The number of hydrogen-bond donors (Lipinski definition) is 1. The van der Waals surface area contributed by atoms with Crippen LogP contribution in [0.25, 0.3) is 11.0 Å². The van der Waals surface area contributed by atoms with Crippen LogP contribution in [0.5, 0.6) is 5.75 Å². The van der Waals surface area contributed by atoms with Gasteiger partial charge >= 0.3 is 5.97 Å². The van der Waals surface area contributed by atoms with Crippen LogP contribution in [0.3, 0.4) is 0 Å². The minimum atomic E-state index is -1.16. The third kappa shape index (κ3) is 2.39. The van der Waals surface area contributed by atoms with Crippen molar-refractivity contribution >= 4 is 34.3 Å².